The Morgan fingerprint density at radius 2 is 1.82 bits per heavy atom. The number of rotatable bonds is 2. The summed E-state index contributed by atoms with van der Waals surface area (Å²) in [6.45, 7) is 0.735. The highest BCUT2D eigenvalue weighted by Gasteiger charge is 2.44. The molecule has 0 unspecified atom stereocenters. The predicted octanol–water partition coefficient (Wildman–Crippen LogP) is 4.19. The van der Waals surface area contributed by atoms with E-state index in [1.165, 1.54) is 24.6 Å². The van der Waals surface area contributed by atoms with Crippen LogP contribution in [0.25, 0.3) is 0 Å². The molecule has 22 heavy (non-hydrogen) atoms. The summed E-state index contributed by atoms with van der Waals surface area (Å²) in [5.74, 6) is -0.120. The zero-order chi connectivity index (χ0) is 15.7. The number of amides is 1. The first kappa shape index (κ1) is 15.3. The second kappa shape index (κ2) is 5.88. The first-order valence-corrected chi connectivity index (χ1v) is 8.17. The Balaban J connectivity index is 1.91. The summed E-state index contributed by atoms with van der Waals surface area (Å²) in [5.41, 5.74) is 0.158. The fraction of sp³-hybridized carbons (Fsp3) is 0.562. The van der Waals surface area contributed by atoms with Gasteiger partial charge >= 0.3 is 0 Å². The lowest BCUT2D eigenvalue weighted by atomic mass is 9.79. The maximum absolute atomic E-state index is 12.9. The van der Waals surface area contributed by atoms with Gasteiger partial charge in [0.2, 0.25) is 0 Å². The summed E-state index contributed by atoms with van der Waals surface area (Å²) in [6, 6.07) is 4.15. The van der Waals surface area contributed by atoms with Crippen molar-refractivity contribution in [2.45, 2.75) is 50.5 Å². The van der Waals surface area contributed by atoms with Gasteiger partial charge in [-0.25, -0.2) is 0 Å². The number of carbonyl (C=O) groups excluding carboxylic acids is 1. The molecule has 1 aromatic carbocycles. The number of nitro groups is 1. The van der Waals surface area contributed by atoms with Gasteiger partial charge in [-0.1, -0.05) is 30.9 Å². The van der Waals surface area contributed by atoms with E-state index in [1.807, 2.05) is 4.90 Å². The molecule has 118 valence electrons. The van der Waals surface area contributed by atoms with Crippen molar-refractivity contribution in [2.24, 2.45) is 0 Å². The minimum absolute atomic E-state index is 0.0353. The first-order chi connectivity index (χ1) is 10.5. The molecule has 2 aliphatic rings. The standard InChI is InChI=1S/C16H19ClN2O3/c17-13-9-12(10-14(11-13)19(21)22)15(20)18-8-4-7-16(18)5-2-1-3-6-16/h9-11H,1-8H2. The molecule has 1 saturated carbocycles. The third kappa shape index (κ3) is 2.70. The molecule has 1 aliphatic heterocycles. The van der Waals surface area contributed by atoms with Crippen LogP contribution in [-0.4, -0.2) is 27.8 Å². The number of hydrogen-bond acceptors (Lipinski definition) is 3. The lowest BCUT2D eigenvalue weighted by molar-refractivity contribution is -0.384. The molecule has 0 radical (unpaired) electrons. The molecule has 1 aromatic rings. The molecule has 1 saturated heterocycles. The van der Waals surface area contributed by atoms with Crippen LogP contribution in [0.5, 0.6) is 0 Å². The Morgan fingerprint density at radius 3 is 2.50 bits per heavy atom. The zero-order valence-electron chi connectivity index (χ0n) is 12.4. The highest BCUT2D eigenvalue weighted by atomic mass is 35.5. The predicted molar refractivity (Wildman–Crippen MR) is 84.2 cm³/mol. The monoisotopic (exact) mass is 322 g/mol. The quantitative estimate of drug-likeness (QED) is 0.606. The van der Waals surface area contributed by atoms with Gasteiger partial charge in [0.25, 0.3) is 11.6 Å². The van der Waals surface area contributed by atoms with Crippen molar-refractivity contribution in [3.05, 3.63) is 38.9 Å². The van der Waals surface area contributed by atoms with Crippen molar-refractivity contribution in [2.75, 3.05) is 6.54 Å². The van der Waals surface area contributed by atoms with Crippen LogP contribution in [0.15, 0.2) is 18.2 Å². The van der Waals surface area contributed by atoms with E-state index in [2.05, 4.69) is 0 Å². The van der Waals surface area contributed by atoms with Crippen LogP contribution in [0.2, 0.25) is 5.02 Å². The second-order valence-corrected chi connectivity index (χ2v) is 6.74. The van der Waals surface area contributed by atoms with E-state index in [1.54, 1.807) is 0 Å². The van der Waals surface area contributed by atoms with Crippen molar-refractivity contribution in [3.8, 4) is 0 Å². The van der Waals surface area contributed by atoms with Crippen molar-refractivity contribution in [1.82, 2.24) is 4.90 Å². The fourth-order valence-electron chi connectivity index (χ4n) is 3.94. The highest BCUT2D eigenvalue weighted by molar-refractivity contribution is 6.31. The van der Waals surface area contributed by atoms with Gasteiger partial charge in [0.15, 0.2) is 0 Å². The van der Waals surface area contributed by atoms with Gasteiger partial charge in [-0.3, -0.25) is 14.9 Å². The summed E-state index contributed by atoms with van der Waals surface area (Å²) < 4.78 is 0. The van der Waals surface area contributed by atoms with Gasteiger partial charge in [0.05, 0.1) is 4.92 Å². The largest absolute Gasteiger partial charge is 0.333 e. The minimum Gasteiger partial charge on any atom is -0.333 e. The Kier molecular flexibility index (Phi) is 4.08. The number of halogens is 1. The van der Waals surface area contributed by atoms with E-state index in [-0.39, 0.29) is 22.2 Å². The van der Waals surface area contributed by atoms with Gasteiger partial charge < -0.3 is 4.90 Å². The zero-order valence-corrected chi connectivity index (χ0v) is 13.1. The van der Waals surface area contributed by atoms with Crippen LogP contribution in [0.1, 0.15) is 55.3 Å². The molecule has 1 amide bonds. The average Bonchev–Trinajstić information content (AvgIpc) is 2.89. The molecule has 1 spiro atoms. The van der Waals surface area contributed by atoms with Gasteiger partial charge in [-0.2, -0.15) is 0 Å². The topological polar surface area (TPSA) is 63.4 Å². The van der Waals surface area contributed by atoms with E-state index in [9.17, 15) is 14.9 Å². The van der Waals surface area contributed by atoms with E-state index in [4.69, 9.17) is 11.6 Å². The van der Waals surface area contributed by atoms with E-state index in [0.29, 0.717) is 5.56 Å². The third-order valence-corrected chi connectivity index (χ3v) is 5.18. The molecule has 0 aromatic heterocycles. The van der Waals surface area contributed by atoms with E-state index in [0.717, 1.165) is 45.1 Å². The SMILES string of the molecule is O=C(c1cc(Cl)cc([N+](=O)[O-])c1)N1CCCC12CCCCC2. The van der Waals surface area contributed by atoms with E-state index >= 15 is 0 Å². The molecule has 1 aliphatic carbocycles. The van der Waals surface area contributed by atoms with E-state index < -0.39 is 4.92 Å². The van der Waals surface area contributed by atoms with Crippen molar-refractivity contribution in [1.29, 1.82) is 0 Å². The molecule has 5 nitrogen and oxygen atoms in total. The van der Waals surface area contributed by atoms with Crippen LogP contribution in [0, 0.1) is 10.1 Å². The minimum atomic E-state index is -0.511. The number of hydrogen-bond donors (Lipinski definition) is 0. The van der Waals surface area contributed by atoms with Gasteiger partial charge in [-0.15, -0.1) is 0 Å². The number of non-ortho nitro benzene ring substituents is 1. The molecule has 0 bridgehead atoms. The van der Waals surface area contributed by atoms with Crippen LogP contribution < -0.4 is 0 Å². The second-order valence-electron chi connectivity index (χ2n) is 6.30. The molecule has 0 atom stereocenters. The van der Waals surface area contributed by atoms with Crippen LogP contribution in [-0.2, 0) is 0 Å². The van der Waals surface area contributed by atoms with Crippen molar-refractivity contribution < 1.29 is 9.72 Å². The maximum atomic E-state index is 12.9. The summed E-state index contributed by atoms with van der Waals surface area (Å²) in [7, 11) is 0. The summed E-state index contributed by atoms with van der Waals surface area (Å²) >= 11 is 5.95. The van der Waals surface area contributed by atoms with Gasteiger partial charge in [-0.05, 0) is 31.7 Å². The fourth-order valence-corrected chi connectivity index (χ4v) is 4.17. The normalized spacial score (nSPS) is 20.3. The lowest BCUT2D eigenvalue weighted by Crippen LogP contribution is -2.48. The van der Waals surface area contributed by atoms with Crippen molar-refractivity contribution in [3.63, 3.8) is 0 Å². The number of carbonyl (C=O) groups is 1. The number of nitro benzene ring substituents is 1. The maximum Gasteiger partial charge on any atom is 0.271 e. The third-order valence-electron chi connectivity index (χ3n) is 4.97. The number of likely N-dealkylation sites (tertiary alicyclic amines) is 1. The Morgan fingerprint density at radius 1 is 1.14 bits per heavy atom. The summed E-state index contributed by atoms with van der Waals surface area (Å²) in [6.07, 6.45) is 7.67. The Labute approximate surface area is 134 Å². The number of benzene rings is 1. The molecule has 2 fully saturated rings. The summed E-state index contributed by atoms with van der Waals surface area (Å²) in [4.78, 5) is 25.3. The molecule has 0 N–H and O–H groups in total. The van der Waals surface area contributed by atoms with Crippen LogP contribution >= 0.6 is 11.6 Å². The molecular weight excluding hydrogens is 304 g/mol. The van der Waals surface area contributed by atoms with Crippen molar-refractivity contribution >= 4 is 23.2 Å². The molecular formula is C16H19ClN2O3. The first-order valence-electron chi connectivity index (χ1n) is 7.79. The van der Waals surface area contributed by atoms with Crippen LogP contribution in [0.4, 0.5) is 5.69 Å². The summed E-state index contributed by atoms with van der Waals surface area (Å²) in [5, 5.41) is 11.2. The Hall–Kier alpha value is -1.62. The molecule has 6 heteroatoms. The Bertz CT molecular complexity index is 611. The average molecular weight is 323 g/mol. The molecule has 1 heterocycles. The smallest absolute Gasteiger partial charge is 0.271 e. The molecule has 3 rings (SSSR count). The van der Waals surface area contributed by atoms with Gasteiger partial charge in [0, 0.05) is 34.8 Å². The van der Waals surface area contributed by atoms with Crippen LogP contribution in [0.3, 0.4) is 0 Å². The number of nitrogens with zero attached hydrogens (tertiary/aromatic N) is 2. The van der Waals surface area contributed by atoms with Gasteiger partial charge in [0.1, 0.15) is 0 Å². The highest BCUT2D eigenvalue weighted by Crippen LogP contribution is 2.42. The lowest BCUT2D eigenvalue weighted by Gasteiger charge is -2.41.